The highest BCUT2D eigenvalue weighted by Gasteiger charge is 2.01. The largest absolute Gasteiger partial charge is 0.253 e. The predicted octanol–water partition coefficient (Wildman–Crippen LogP) is 3.20. The number of hydrogen-bond donors (Lipinski definition) is 1. The molecule has 1 heterocycles. The van der Waals surface area contributed by atoms with Crippen LogP contribution < -0.4 is 0 Å². The molecule has 14 heavy (non-hydrogen) atoms. The number of nitrogens with zero attached hydrogens (tertiary/aromatic N) is 2. The number of hydrogen-bond acceptors (Lipinski definition) is 4. The number of unbranched alkanes of at least 4 members (excludes halogenated alkanes) is 3. The van der Waals surface area contributed by atoms with Gasteiger partial charge in [-0.25, -0.2) is 0 Å². The van der Waals surface area contributed by atoms with Crippen molar-refractivity contribution in [3.8, 4) is 0 Å². The molecule has 0 atom stereocenters. The van der Waals surface area contributed by atoms with E-state index >= 15 is 0 Å². The van der Waals surface area contributed by atoms with E-state index in [1.54, 1.807) is 23.5 Å². The molecule has 1 rings (SSSR count). The zero-order chi connectivity index (χ0) is 10.2. The molecule has 1 aromatic rings. The first-order valence-electron chi connectivity index (χ1n) is 4.96. The van der Waals surface area contributed by atoms with E-state index in [0.717, 1.165) is 16.1 Å². The Balaban J connectivity index is 2.12. The molecule has 0 saturated heterocycles. The Morgan fingerprint density at radius 1 is 1.29 bits per heavy atom. The molecular formula is C9H17N3S2. The minimum Gasteiger partial charge on any atom is -0.253 e. The highest BCUT2D eigenvalue weighted by molar-refractivity contribution is 7.99. The minimum absolute atomic E-state index is 0.834. The number of aromatic amines is 1. The summed E-state index contributed by atoms with van der Waals surface area (Å²) in [7, 11) is 0. The summed E-state index contributed by atoms with van der Waals surface area (Å²) in [6.07, 6.45) is 7.22. The maximum absolute atomic E-state index is 4.31. The summed E-state index contributed by atoms with van der Waals surface area (Å²) in [5, 5.41) is 8.77. The van der Waals surface area contributed by atoms with Gasteiger partial charge in [0.2, 0.25) is 5.16 Å². The topological polar surface area (TPSA) is 41.6 Å². The molecule has 0 saturated carbocycles. The first kappa shape index (κ1) is 11.9. The third-order valence-corrected chi connectivity index (χ3v) is 3.36. The van der Waals surface area contributed by atoms with Crippen molar-refractivity contribution in [2.24, 2.45) is 0 Å². The van der Waals surface area contributed by atoms with E-state index in [9.17, 15) is 0 Å². The lowest BCUT2D eigenvalue weighted by Crippen LogP contribution is -1.82. The van der Waals surface area contributed by atoms with Gasteiger partial charge in [-0.05, 0) is 12.7 Å². The van der Waals surface area contributed by atoms with E-state index in [1.807, 2.05) is 6.26 Å². The smallest absolute Gasteiger partial charge is 0.208 e. The van der Waals surface area contributed by atoms with Crippen LogP contribution in [0.15, 0.2) is 10.3 Å². The Labute approximate surface area is 93.8 Å². The van der Waals surface area contributed by atoms with Crippen molar-refractivity contribution in [3.05, 3.63) is 0 Å². The maximum Gasteiger partial charge on any atom is 0.208 e. The summed E-state index contributed by atoms with van der Waals surface area (Å²) in [5.41, 5.74) is 0. The summed E-state index contributed by atoms with van der Waals surface area (Å²) >= 11 is 3.33. The molecule has 1 N–H and O–H groups in total. The van der Waals surface area contributed by atoms with Crippen LogP contribution in [0.4, 0.5) is 0 Å². The van der Waals surface area contributed by atoms with Gasteiger partial charge in [0.05, 0.1) is 0 Å². The highest BCUT2D eigenvalue weighted by atomic mass is 32.2. The SMILES string of the molecule is CCCCCCSc1nc(SC)n[nH]1. The molecule has 0 spiro atoms. The quantitative estimate of drug-likeness (QED) is 0.578. The van der Waals surface area contributed by atoms with Crippen molar-refractivity contribution < 1.29 is 0 Å². The summed E-state index contributed by atoms with van der Waals surface area (Å²) in [6, 6.07) is 0. The molecule has 5 heteroatoms. The van der Waals surface area contributed by atoms with E-state index in [1.165, 1.54) is 25.7 Å². The van der Waals surface area contributed by atoms with Crippen molar-refractivity contribution in [2.75, 3.05) is 12.0 Å². The molecule has 0 aliphatic carbocycles. The van der Waals surface area contributed by atoms with Crippen molar-refractivity contribution >= 4 is 23.5 Å². The van der Waals surface area contributed by atoms with Crippen LogP contribution in [0.3, 0.4) is 0 Å². The number of H-pyrrole nitrogens is 1. The van der Waals surface area contributed by atoms with E-state index < -0.39 is 0 Å². The second kappa shape index (κ2) is 7.17. The standard InChI is InChI=1S/C9H17N3S2/c1-3-4-5-6-7-14-9-10-8(13-2)11-12-9/h3-7H2,1-2H3,(H,10,11,12). The van der Waals surface area contributed by atoms with Crippen molar-refractivity contribution in [1.29, 1.82) is 0 Å². The minimum atomic E-state index is 0.834. The van der Waals surface area contributed by atoms with Gasteiger partial charge < -0.3 is 0 Å². The predicted molar refractivity (Wildman–Crippen MR) is 63.0 cm³/mol. The summed E-state index contributed by atoms with van der Waals surface area (Å²) < 4.78 is 0. The fourth-order valence-corrected chi connectivity index (χ4v) is 2.27. The molecule has 0 aliphatic rings. The molecule has 0 amide bonds. The fraction of sp³-hybridized carbons (Fsp3) is 0.778. The number of nitrogens with one attached hydrogen (secondary N) is 1. The van der Waals surface area contributed by atoms with Gasteiger partial charge >= 0.3 is 0 Å². The zero-order valence-corrected chi connectivity index (χ0v) is 10.4. The van der Waals surface area contributed by atoms with Crippen molar-refractivity contribution in [2.45, 2.75) is 42.9 Å². The van der Waals surface area contributed by atoms with E-state index in [0.29, 0.717) is 0 Å². The Morgan fingerprint density at radius 3 is 2.79 bits per heavy atom. The Hall–Kier alpha value is -0.160. The van der Waals surface area contributed by atoms with Gasteiger partial charge in [-0.15, -0.1) is 5.10 Å². The molecule has 0 fully saturated rings. The molecule has 0 unspecified atom stereocenters. The lowest BCUT2D eigenvalue weighted by molar-refractivity contribution is 0.706. The zero-order valence-electron chi connectivity index (χ0n) is 8.75. The van der Waals surface area contributed by atoms with Crippen LogP contribution >= 0.6 is 23.5 Å². The van der Waals surface area contributed by atoms with Crippen LogP contribution in [-0.2, 0) is 0 Å². The lowest BCUT2D eigenvalue weighted by atomic mass is 10.2. The fourth-order valence-electron chi connectivity index (χ4n) is 1.09. The maximum atomic E-state index is 4.31. The Bertz CT molecular complexity index is 250. The van der Waals surface area contributed by atoms with Crippen LogP contribution in [0.25, 0.3) is 0 Å². The van der Waals surface area contributed by atoms with Gasteiger partial charge in [0.15, 0.2) is 5.16 Å². The van der Waals surface area contributed by atoms with E-state index in [2.05, 4.69) is 22.1 Å². The van der Waals surface area contributed by atoms with Gasteiger partial charge in [-0.2, -0.15) is 4.98 Å². The summed E-state index contributed by atoms with van der Waals surface area (Å²) in [6.45, 7) is 2.23. The molecule has 0 aromatic carbocycles. The summed E-state index contributed by atoms with van der Waals surface area (Å²) in [5.74, 6) is 1.14. The van der Waals surface area contributed by atoms with Crippen LogP contribution in [-0.4, -0.2) is 27.2 Å². The number of rotatable bonds is 7. The molecule has 3 nitrogen and oxygen atoms in total. The first-order chi connectivity index (χ1) is 6.86. The Morgan fingerprint density at radius 2 is 2.14 bits per heavy atom. The van der Waals surface area contributed by atoms with Crippen LogP contribution in [0.2, 0.25) is 0 Å². The molecule has 0 bridgehead atoms. The van der Waals surface area contributed by atoms with Crippen molar-refractivity contribution in [1.82, 2.24) is 15.2 Å². The average Bonchev–Trinajstić information content (AvgIpc) is 2.65. The van der Waals surface area contributed by atoms with Gasteiger partial charge in [-0.3, -0.25) is 5.10 Å². The summed E-state index contributed by atoms with van der Waals surface area (Å²) in [4.78, 5) is 4.31. The molecule has 0 radical (unpaired) electrons. The first-order valence-corrected chi connectivity index (χ1v) is 7.17. The Kier molecular flexibility index (Phi) is 6.10. The molecule has 0 aliphatic heterocycles. The molecule has 80 valence electrons. The van der Waals surface area contributed by atoms with Crippen molar-refractivity contribution in [3.63, 3.8) is 0 Å². The van der Waals surface area contributed by atoms with Crippen LogP contribution in [0.5, 0.6) is 0 Å². The molecular weight excluding hydrogens is 214 g/mol. The number of aromatic nitrogens is 3. The van der Waals surface area contributed by atoms with Crippen LogP contribution in [0, 0.1) is 0 Å². The average molecular weight is 231 g/mol. The monoisotopic (exact) mass is 231 g/mol. The van der Waals surface area contributed by atoms with Gasteiger partial charge in [0.25, 0.3) is 0 Å². The second-order valence-electron chi connectivity index (χ2n) is 3.04. The van der Waals surface area contributed by atoms with Gasteiger partial charge in [0.1, 0.15) is 0 Å². The highest BCUT2D eigenvalue weighted by Crippen LogP contribution is 2.17. The van der Waals surface area contributed by atoms with E-state index in [4.69, 9.17) is 0 Å². The van der Waals surface area contributed by atoms with E-state index in [-0.39, 0.29) is 0 Å². The third-order valence-electron chi connectivity index (χ3n) is 1.86. The third kappa shape index (κ3) is 4.37. The van der Waals surface area contributed by atoms with Crippen LogP contribution in [0.1, 0.15) is 32.6 Å². The van der Waals surface area contributed by atoms with Gasteiger partial charge in [-0.1, -0.05) is 49.7 Å². The molecule has 1 aromatic heterocycles. The second-order valence-corrected chi connectivity index (χ2v) is 4.89. The normalized spacial score (nSPS) is 10.7. The lowest BCUT2D eigenvalue weighted by Gasteiger charge is -1.96. The van der Waals surface area contributed by atoms with Gasteiger partial charge in [0, 0.05) is 5.75 Å². The number of thioether (sulfide) groups is 2.